The third-order valence-corrected chi connectivity index (χ3v) is 6.32. The first kappa shape index (κ1) is 22.4. The Balaban J connectivity index is 1.50. The molecular formula is C23H25F2N5OS. The molecule has 4 rings (SSSR count). The third-order valence-electron chi connectivity index (χ3n) is 5.39. The Morgan fingerprint density at radius 2 is 1.81 bits per heavy atom. The fourth-order valence-electron chi connectivity index (χ4n) is 3.66. The zero-order valence-electron chi connectivity index (χ0n) is 17.9. The molecule has 0 atom stereocenters. The fourth-order valence-corrected chi connectivity index (χ4v) is 4.43. The highest BCUT2D eigenvalue weighted by atomic mass is 32.2. The van der Waals surface area contributed by atoms with Gasteiger partial charge in [0.05, 0.1) is 12.3 Å². The minimum Gasteiger partial charge on any atom is -0.325 e. The Bertz CT molecular complexity index is 1080. The fraction of sp³-hybridized carbons (Fsp3) is 0.348. The van der Waals surface area contributed by atoms with E-state index in [2.05, 4.69) is 20.4 Å². The number of aryl methyl sites for hydroxylation is 1. The summed E-state index contributed by atoms with van der Waals surface area (Å²) in [4.78, 5) is 14.8. The molecule has 0 aliphatic carbocycles. The summed E-state index contributed by atoms with van der Waals surface area (Å²) in [6.45, 7) is 4.32. The third kappa shape index (κ3) is 5.52. The number of aromatic nitrogens is 3. The Morgan fingerprint density at radius 1 is 1.06 bits per heavy atom. The lowest BCUT2D eigenvalue weighted by Gasteiger charge is -2.26. The number of piperidine rings is 1. The summed E-state index contributed by atoms with van der Waals surface area (Å²) in [5, 5.41) is 11.9. The Kier molecular flexibility index (Phi) is 7.16. The number of nitrogens with one attached hydrogen (secondary N) is 1. The second kappa shape index (κ2) is 10.2. The van der Waals surface area contributed by atoms with E-state index in [0.29, 0.717) is 23.0 Å². The van der Waals surface area contributed by atoms with E-state index in [9.17, 15) is 13.6 Å². The number of benzene rings is 2. The zero-order valence-corrected chi connectivity index (χ0v) is 18.7. The summed E-state index contributed by atoms with van der Waals surface area (Å²) in [6.07, 6.45) is 3.56. The molecule has 0 unspecified atom stereocenters. The molecule has 2 heterocycles. The number of halogens is 2. The van der Waals surface area contributed by atoms with E-state index in [0.717, 1.165) is 37.4 Å². The van der Waals surface area contributed by atoms with Crippen LogP contribution in [0, 0.1) is 18.6 Å². The first-order valence-electron chi connectivity index (χ1n) is 10.6. The van der Waals surface area contributed by atoms with Crippen LogP contribution in [0.4, 0.5) is 14.5 Å². The Hall–Kier alpha value is -2.78. The van der Waals surface area contributed by atoms with Crippen LogP contribution in [0.3, 0.4) is 0 Å². The molecule has 0 saturated carbocycles. The highest BCUT2D eigenvalue weighted by molar-refractivity contribution is 7.99. The van der Waals surface area contributed by atoms with Crippen molar-refractivity contribution in [3.63, 3.8) is 0 Å². The molecule has 1 aromatic heterocycles. The number of likely N-dealkylation sites (tertiary alicyclic amines) is 1. The lowest BCUT2D eigenvalue weighted by Crippen LogP contribution is -2.30. The number of thioether (sulfide) groups is 1. The number of amides is 1. The van der Waals surface area contributed by atoms with Crippen LogP contribution in [0.2, 0.25) is 0 Å². The van der Waals surface area contributed by atoms with Crippen LogP contribution >= 0.6 is 11.8 Å². The Labute approximate surface area is 190 Å². The van der Waals surface area contributed by atoms with Crippen LogP contribution in [0.15, 0.2) is 47.6 Å². The summed E-state index contributed by atoms with van der Waals surface area (Å²) >= 11 is 1.23. The molecule has 1 aliphatic rings. The van der Waals surface area contributed by atoms with Gasteiger partial charge in [-0.25, -0.2) is 8.78 Å². The van der Waals surface area contributed by atoms with Crippen LogP contribution in [-0.2, 0) is 11.3 Å². The molecule has 0 spiro atoms. The van der Waals surface area contributed by atoms with Crippen LogP contribution in [0.5, 0.6) is 0 Å². The normalized spacial score (nSPS) is 14.5. The van der Waals surface area contributed by atoms with E-state index >= 15 is 0 Å². The van der Waals surface area contributed by atoms with Gasteiger partial charge in [0.1, 0.15) is 11.6 Å². The molecule has 168 valence electrons. The molecule has 6 nitrogen and oxygen atoms in total. The summed E-state index contributed by atoms with van der Waals surface area (Å²) < 4.78 is 29.1. The summed E-state index contributed by atoms with van der Waals surface area (Å²) in [6, 6.07) is 10.7. The van der Waals surface area contributed by atoms with Gasteiger partial charge in [0.2, 0.25) is 5.91 Å². The van der Waals surface area contributed by atoms with Gasteiger partial charge in [-0.2, -0.15) is 0 Å². The molecule has 1 N–H and O–H groups in total. The van der Waals surface area contributed by atoms with Gasteiger partial charge < -0.3 is 5.32 Å². The predicted molar refractivity (Wildman–Crippen MR) is 121 cm³/mol. The van der Waals surface area contributed by atoms with Crippen LogP contribution in [-0.4, -0.2) is 44.4 Å². The average molecular weight is 458 g/mol. The van der Waals surface area contributed by atoms with Gasteiger partial charge in [-0.1, -0.05) is 24.2 Å². The van der Waals surface area contributed by atoms with Gasteiger partial charge in [-0.3, -0.25) is 14.3 Å². The van der Waals surface area contributed by atoms with E-state index in [-0.39, 0.29) is 23.3 Å². The number of hydrogen-bond donors (Lipinski definition) is 1. The minimum absolute atomic E-state index is 0.0819. The second-order valence-corrected chi connectivity index (χ2v) is 8.79. The number of carbonyl (C=O) groups is 1. The van der Waals surface area contributed by atoms with E-state index in [1.807, 2.05) is 4.57 Å². The number of carbonyl (C=O) groups excluding carboxylic acids is 1. The number of nitrogens with zero attached hydrogens (tertiary/aromatic N) is 4. The topological polar surface area (TPSA) is 63.1 Å². The lowest BCUT2D eigenvalue weighted by molar-refractivity contribution is -0.113. The molecule has 2 aromatic carbocycles. The van der Waals surface area contributed by atoms with Crippen molar-refractivity contribution in [2.75, 3.05) is 24.2 Å². The highest BCUT2D eigenvalue weighted by Gasteiger charge is 2.19. The maximum absolute atomic E-state index is 13.7. The maximum atomic E-state index is 13.7. The molecule has 1 fully saturated rings. The van der Waals surface area contributed by atoms with Crippen molar-refractivity contribution in [2.24, 2.45) is 0 Å². The first-order valence-corrected chi connectivity index (χ1v) is 11.6. The average Bonchev–Trinajstić information content (AvgIpc) is 3.18. The van der Waals surface area contributed by atoms with Crippen molar-refractivity contribution in [3.8, 4) is 5.69 Å². The second-order valence-electron chi connectivity index (χ2n) is 7.85. The van der Waals surface area contributed by atoms with Gasteiger partial charge in [0, 0.05) is 11.4 Å². The standard InChI is InChI=1S/C23H25F2N5OS/c1-16-5-8-18(13-20(16)25)26-22(31)15-32-23-28-27-21(14-29-11-3-2-4-12-29)30(23)19-9-6-17(24)7-10-19/h5-10,13H,2-4,11-12,14-15H2,1H3,(H,26,31). The summed E-state index contributed by atoms with van der Waals surface area (Å²) in [7, 11) is 0. The smallest absolute Gasteiger partial charge is 0.234 e. The van der Waals surface area contributed by atoms with Crippen LogP contribution < -0.4 is 5.32 Å². The van der Waals surface area contributed by atoms with Crippen molar-refractivity contribution in [2.45, 2.75) is 37.9 Å². The molecule has 0 radical (unpaired) electrons. The molecule has 3 aromatic rings. The molecule has 1 saturated heterocycles. The van der Waals surface area contributed by atoms with Crippen molar-refractivity contribution < 1.29 is 13.6 Å². The van der Waals surface area contributed by atoms with Crippen molar-refractivity contribution in [1.82, 2.24) is 19.7 Å². The van der Waals surface area contributed by atoms with Gasteiger partial charge in [-0.05, 0) is 74.8 Å². The molecule has 32 heavy (non-hydrogen) atoms. The van der Waals surface area contributed by atoms with Gasteiger partial charge in [-0.15, -0.1) is 10.2 Å². The predicted octanol–water partition coefficient (Wildman–Crippen LogP) is 4.57. The largest absolute Gasteiger partial charge is 0.325 e. The number of anilines is 1. The summed E-state index contributed by atoms with van der Waals surface area (Å²) in [5.74, 6) is -0.128. The number of hydrogen-bond acceptors (Lipinski definition) is 5. The summed E-state index contributed by atoms with van der Waals surface area (Å²) in [5.41, 5.74) is 1.67. The molecule has 1 amide bonds. The SMILES string of the molecule is Cc1ccc(NC(=O)CSc2nnc(CN3CCCCC3)n2-c2ccc(F)cc2)cc1F. The lowest BCUT2D eigenvalue weighted by atomic mass is 10.1. The van der Waals surface area contributed by atoms with Crippen LogP contribution in [0.25, 0.3) is 5.69 Å². The maximum Gasteiger partial charge on any atom is 0.234 e. The molecular weight excluding hydrogens is 432 g/mol. The molecule has 0 bridgehead atoms. The van der Waals surface area contributed by atoms with E-state index in [1.165, 1.54) is 36.4 Å². The van der Waals surface area contributed by atoms with Crippen molar-refractivity contribution in [1.29, 1.82) is 0 Å². The molecule has 1 aliphatic heterocycles. The van der Waals surface area contributed by atoms with Gasteiger partial charge >= 0.3 is 0 Å². The highest BCUT2D eigenvalue weighted by Crippen LogP contribution is 2.24. The minimum atomic E-state index is -0.367. The Morgan fingerprint density at radius 3 is 2.53 bits per heavy atom. The van der Waals surface area contributed by atoms with Crippen molar-refractivity contribution in [3.05, 3.63) is 65.5 Å². The molecule has 9 heteroatoms. The van der Waals surface area contributed by atoms with E-state index in [4.69, 9.17) is 0 Å². The van der Waals surface area contributed by atoms with Crippen LogP contribution in [0.1, 0.15) is 30.7 Å². The van der Waals surface area contributed by atoms with E-state index < -0.39 is 0 Å². The van der Waals surface area contributed by atoms with E-state index in [1.54, 1.807) is 31.2 Å². The monoisotopic (exact) mass is 457 g/mol. The quantitative estimate of drug-likeness (QED) is 0.527. The first-order chi connectivity index (χ1) is 15.5. The van der Waals surface area contributed by atoms with Gasteiger partial charge in [0.15, 0.2) is 11.0 Å². The van der Waals surface area contributed by atoms with Gasteiger partial charge in [0.25, 0.3) is 0 Å². The van der Waals surface area contributed by atoms with Crippen molar-refractivity contribution >= 4 is 23.4 Å². The zero-order chi connectivity index (χ0) is 22.5. The number of rotatable bonds is 7.